The summed E-state index contributed by atoms with van der Waals surface area (Å²) < 4.78 is 5.44. The maximum atomic E-state index is 2.72. The van der Waals surface area contributed by atoms with Crippen LogP contribution in [-0.4, -0.2) is 33.8 Å². The molecule has 2 rings (SSSR count). The third kappa shape index (κ3) is 6.26. The van der Waals surface area contributed by atoms with Gasteiger partial charge < -0.3 is 0 Å². The van der Waals surface area contributed by atoms with Crippen LogP contribution in [0.3, 0.4) is 0 Å². The fourth-order valence-electron chi connectivity index (χ4n) is 3.83. The summed E-state index contributed by atoms with van der Waals surface area (Å²) in [6.45, 7) is 7.16. The van der Waals surface area contributed by atoms with E-state index in [1.165, 1.54) is 90.1 Å². The quantitative estimate of drug-likeness (QED) is 0.358. The van der Waals surface area contributed by atoms with Crippen LogP contribution in [0.25, 0.3) is 0 Å². The van der Waals surface area contributed by atoms with Gasteiger partial charge in [-0.2, -0.15) is 0 Å². The molecule has 0 bridgehead atoms. The van der Waals surface area contributed by atoms with Gasteiger partial charge in [-0.25, -0.2) is 8.61 Å². The van der Waals surface area contributed by atoms with Gasteiger partial charge in [-0.1, -0.05) is 52.4 Å². The van der Waals surface area contributed by atoms with Gasteiger partial charge in [-0.3, -0.25) is 0 Å². The molecule has 0 aromatic carbocycles. The molecule has 0 saturated heterocycles. The van der Waals surface area contributed by atoms with Crippen molar-refractivity contribution in [2.24, 2.45) is 0 Å². The van der Waals surface area contributed by atoms with Crippen LogP contribution in [0.2, 0.25) is 0 Å². The first-order valence-corrected chi connectivity index (χ1v) is 11.8. The Hall–Kier alpha value is 0.620. The van der Waals surface area contributed by atoms with Gasteiger partial charge in [0.1, 0.15) is 0 Å². The molecule has 0 atom stereocenters. The minimum absolute atomic E-state index is 0.834. The highest BCUT2D eigenvalue weighted by molar-refractivity contribution is 8.74. The second kappa shape index (κ2) is 11.2. The van der Waals surface area contributed by atoms with Gasteiger partial charge in [0.2, 0.25) is 0 Å². The zero-order valence-corrected chi connectivity index (χ0v) is 16.4. The average molecular weight is 345 g/mol. The van der Waals surface area contributed by atoms with Crippen molar-refractivity contribution in [1.29, 1.82) is 0 Å². The van der Waals surface area contributed by atoms with E-state index < -0.39 is 0 Å². The van der Waals surface area contributed by atoms with Crippen LogP contribution >= 0.6 is 22.0 Å². The maximum absolute atomic E-state index is 2.72. The second-order valence-electron chi connectivity index (χ2n) is 7.01. The SMILES string of the molecule is CCCN(SSN(CCC)C1CCCCC1)C1CCCCC1. The molecular weight excluding hydrogens is 308 g/mol. The lowest BCUT2D eigenvalue weighted by Gasteiger charge is -2.36. The fraction of sp³-hybridized carbons (Fsp3) is 1.00. The zero-order chi connectivity index (χ0) is 15.6. The second-order valence-corrected chi connectivity index (χ2v) is 9.14. The van der Waals surface area contributed by atoms with E-state index in [0.29, 0.717) is 0 Å². The lowest BCUT2D eigenvalue weighted by Crippen LogP contribution is -2.34. The van der Waals surface area contributed by atoms with Crippen molar-refractivity contribution in [2.45, 2.75) is 103 Å². The summed E-state index contributed by atoms with van der Waals surface area (Å²) in [6, 6.07) is 1.67. The molecule has 2 saturated carbocycles. The predicted molar refractivity (Wildman–Crippen MR) is 103 cm³/mol. The Morgan fingerprint density at radius 2 is 1.00 bits per heavy atom. The highest BCUT2D eigenvalue weighted by Crippen LogP contribution is 2.39. The van der Waals surface area contributed by atoms with Gasteiger partial charge >= 0.3 is 0 Å². The van der Waals surface area contributed by atoms with Crippen LogP contribution in [0.15, 0.2) is 0 Å². The third-order valence-electron chi connectivity index (χ3n) is 5.08. The molecular formula is C18H36N2S2. The number of nitrogens with zero attached hydrogens (tertiary/aromatic N) is 2. The molecule has 0 aliphatic heterocycles. The molecule has 0 amide bonds. The maximum Gasteiger partial charge on any atom is 0.0210 e. The van der Waals surface area contributed by atoms with E-state index >= 15 is 0 Å². The van der Waals surface area contributed by atoms with E-state index in [1.807, 2.05) is 0 Å². The normalized spacial score (nSPS) is 21.8. The highest BCUT2D eigenvalue weighted by atomic mass is 33.1. The topological polar surface area (TPSA) is 6.48 Å². The van der Waals surface area contributed by atoms with Crippen molar-refractivity contribution in [2.75, 3.05) is 13.1 Å². The highest BCUT2D eigenvalue weighted by Gasteiger charge is 2.25. The number of rotatable bonds is 9. The average Bonchev–Trinajstić information content (AvgIpc) is 2.59. The van der Waals surface area contributed by atoms with E-state index in [-0.39, 0.29) is 0 Å². The number of hydrogen-bond acceptors (Lipinski definition) is 4. The van der Waals surface area contributed by atoms with Gasteiger partial charge in [0.15, 0.2) is 0 Å². The first kappa shape index (κ1) is 19.0. The van der Waals surface area contributed by atoms with E-state index in [4.69, 9.17) is 0 Å². The van der Waals surface area contributed by atoms with Gasteiger partial charge in [-0.15, -0.1) is 0 Å². The van der Waals surface area contributed by atoms with Gasteiger partial charge in [0.05, 0.1) is 0 Å². The van der Waals surface area contributed by atoms with Crippen molar-refractivity contribution < 1.29 is 0 Å². The Kier molecular flexibility index (Phi) is 9.67. The molecule has 2 aliphatic rings. The molecule has 0 aromatic rings. The van der Waals surface area contributed by atoms with Gasteiger partial charge in [0, 0.05) is 47.1 Å². The van der Waals surface area contributed by atoms with E-state index in [1.54, 1.807) is 0 Å². The Bertz CT molecular complexity index is 248. The molecule has 4 heteroatoms. The van der Waals surface area contributed by atoms with Crippen molar-refractivity contribution in [3.8, 4) is 0 Å². The molecule has 2 fully saturated rings. The summed E-state index contributed by atoms with van der Waals surface area (Å²) in [7, 11) is 4.14. The smallest absolute Gasteiger partial charge is 0.0210 e. The van der Waals surface area contributed by atoms with Crippen LogP contribution in [0.5, 0.6) is 0 Å². The Labute approximate surface area is 146 Å². The molecule has 2 aliphatic carbocycles. The minimum Gasteiger partial charge on any atom is -0.237 e. The molecule has 0 aromatic heterocycles. The number of hydrogen-bond donors (Lipinski definition) is 0. The molecule has 2 nitrogen and oxygen atoms in total. The standard InChI is InChI=1S/C18H36N2S2/c1-3-15-19(17-11-7-5-8-12-17)21-22-20(16-4-2)18-13-9-6-10-14-18/h17-18H,3-16H2,1-2H3. The summed E-state index contributed by atoms with van der Waals surface area (Å²) in [6.07, 6.45) is 16.9. The van der Waals surface area contributed by atoms with Crippen LogP contribution in [0.1, 0.15) is 90.9 Å². The molecule has 130 valence electrons. The van der Waals surface area contributed by atoms with E-state index in [0.717, 1.165) is 12.1 Å². The van der Waals surface area contributed by atoms with Crippen LogP contribution in [-0.2, 0) is 0 Å². The summed E-state index contributed by atoms with van der Waals surface area (Å²) in [5.41, 5.74) is 0. The monoisotopic (exact) mass is 344 g/mol. The molecule has 0 unspecified atom stereocenters. The largest absolute Gasteiger partial charge is 0.237 e. The Morgan fingerprint density at radius 3 is 1.32 bits per heavy atom. The first-order valence-electron chi connectivity index (χ1n) is 9.73. The fourth-order valence-corrected chi connectivity index (χ4v) is 6.87. The van der Waals surface area contributed by atoms with Crippen molar-refractivity contribution in [3.05, 3.63) is 0 Å². The molecule has 0 heterocycles. The predicted octanol–water partition coefficient (Wildman–Crippen LogP) is 6.29. The minimum atomic E-state index is 0.834. The van der Waals surface area contributed by atoms with Crippen LogP contribution in [0.4, 0.5) is 0 Å². The Balaban J connectivity index is 1.83. The Morgan fingerprint density at radius 1 is 0.636 bits per heavy atom. The zero-order valence-electron chi connectivity index (χ0n) is 14.8. The molecule has 0 radical (unpaired) electrons. The lowest BCUT2D eigenvalue weighted by atomic mass is 9.95. The van der Waals surface area contributed by atoms with Crippen molar-refractivity contribution in [1.82, 2.24) is 8.61 Å². The van der Waals surface area contributed by atoms with E-state index in [9.17, 15) is 0 Å². The van der Waals surface area contributed by atoms with Crippen LogP contribution in [0, 0.1) is 0 Å². The molecule has 0 spiro atoms. The van der Waals surface area contributed by atoms with Gasteiger partial charge in [0.25, 0.3) is 0 Å². The summed E-state index contributed by atoms with van der Waals surface area (Å²) >= 11 is 0. The summed E-state index contributed by atoms with van der Waals surface area (Å²) in [4.78, 5) is 0. The third-order valence-corrected chi connectivity index (χ3v) is 7.84. The van der Waals surface area contributed by atoms with Crippen LogP contribution < -0.4 is 0 Å². The molecule has 0 N–H and O–H groups in total. The summed E-state index contributed by atoms with van der Waals surface area (Å²) in [5.74, 6) is 0. The first-order chi connectivity index (χ1) is 10.8. The van der Waals surface area contributed by atoms with E-state index in [2.05, 4.69) is 44.4 Å². The van der Waals surface area contributed by atoms with Gasteiger partial charge in [-0.05, 0) is 38.5 Å². The lowest BCUT2D eigenvalue weighted by molar-refractivity contribution is 0.269. The molecule has 22 heavy (non-hydrogen) atoms. The van der Waals surface area contributed by atoms with Crippen molar-refractivity contribution in [3.63, 3.8) is 0 Å². The summed E-state index contributed by atoms with van der Waals surface area (Å²) in [5, 5.41) is 0. The van der Waals surface area contributed by atoms with Crippen molar-refractivity contribution >= 4 is 22.0 Å².